The summed E-state index contributed by atoms with van der Waals surface area (Å²) in [5, 5.41) is 3.20. The van der Waals surface area contributed by atoms with Crippen LogP contribution < -0.4 is 9.47 Å². The summed E-state index contributed by atoms with van der Waals surface area (Å²) >= 11 is 6.23. The van der Waals surface area contributed by atoms with Gasteiger partial charge in [-0.05, 0) is 18.2 Å². The molecule has 0 radical (unpaired) electrons. The predicted molar refractivity (Wildman–Crippen MR) is 120 cm³/mol. The van der Waals surface area contributed by atoms with Crippen molar-refractivity contribution in [2.24, 2.45) is 0 Å². The zero-order valence-electron chi connectivity index (χ0n) is 16.8. The van der Waals surface area contributed by atoms with Gasteiger partial charge in [-0.1, -0.05) is 61.2 Å². The Morgan fingerprint density at radius 3 is 1.77 bits per heavy atom. The number of benzene rings is 3. The molecule has 0 amide bonds. The molecule has 3 rings (SSSR count). The number of fused-ring (bicyclic) bond motifs is 2. The number of halogens is 1. The number of ether oxygens (including phenoxy) is 4. The number of carbonyl (C=O) groups excluding carboxylic acids is 2. The molecule has 7 heteroatoms. The molecule has 31 heavy (non-hydrogen) atoms. The highest BCUT2D eigenvalue weighted by Gasteiger charge is 2.18. The van der Waals surface area contributed by atoms with Crippen molar-refractivity contribution >= 4 is 45.1 Å². The zero-order valence-corrected chi connectivity index (χ0v) is 17.5. The van der Waals surface area contributed by atoms with Gasteiger partial charge in [-0.15, -0.1) is 0 Å². The van der Waals surface area contributed by atoms with Gasteiger partial charge < -0.3 is 18.9 Å². The topological polar surface area (TPSA) is 71.1 Å². The van der Waals surface area contributed by atoms with Crippen LogP contribution in [0.25, 0.3) is 21.5 Å². The van der Waals surface area contributed by atoms with E-state index in [9.17, 15) is 9.59 Å². The molecule has 3 aromatic carbocycles. The van der Waals surface area contributed by atoms with Crippen molar-refractivity contribution in [3.63, 3.8) is 0 Å². The highest BCUT2D eigenvalue weighted by Crippen LogP contribution is 2.43. The largest absolute Gasteiger partial charge is 0.481 e. The van der Waals surface area contributed by atoms with E-state index in [1.54, 1.807) is 18.2 Å². The van der Waals surface area contributed by atoms with Crippen LogP contribution in [-0.2, 0) is 19.1 Å². The van der Waals surface area contributed by atoms with Crippen LogP contribution in [0.5, 0.6) is 11.5 Å². The molecule has 0 heterocycles. The van der Waals surface area contributed by atoms with Crippen LogP contribution in [-0.4, -0.2) is 38.4 Å². The number of carbonyl (C=O) groups is 2. The molecule has 0 unspecified atom stereocenters. The third-order valence-electron chi connectivity index (χ3n) is 4.28. The van der Waals surface area contributed by atoms with Crippen LogP contribution in [0.3, 0.4) is 0 Å². The van der Waals surface area contributed by atoms with Crippen LogP contribution in [0.4, 0.5) is 0 Å². The fourth-order valence-electron chi connectivity index (χ4n) is 3.03. The standard InChI is InChI=1S/C24H21ClO6/c1-3-11-28-21(26)14-30-23-17-7-5-6-8-18(17)24(31-15-22(27)29-12-4-2)20-13-16(25)9-10-19(20)23/h3-10,13H,1-2,11-12,14-15H2. The van der Waals surface area contributed by atoms with Crippen molar-refractivity contribution in [2.75, 3.05) is 26.4 Å². The minimum Gasteiger partial charge on any atom is -0.481 e. The summed E-state index contributed by atoms with van der Waals surface area (Å²) < 4.78 is 21.7. The van der Waals surface area contributed by atoms with Gasteiger partial charge in [-0.3, -0.25) is 0 Å². The Balaban J connectivity index is 2.04. The number of esters is 2. The van der Waals surface area contributed by atoms with E-state index >= 15 is 0 Å². The van der Waals surface area contributed by atoms with Gasteiger partial charge in [0.1, 0.15) is 24.7 Å². The van der Waals surface area contributed by atoms with E-state index < -0.39 is 11.9 Å². The first kappa shape index (κ1) is 22.2. The van der Waals surface area contributed by atoms with Gasteiger partial charge in [0.2, 0.25) is 0 Å². The highest BCUT2D eigenvalue weighted by atomic mass is 35.5. The Bertz CT molecular complexity index is 1140. The Morgan fingerprint density at radius 2 is 1.26 bits per heavy atom. The molecule has 3 aromatic rings. The van der Waals surface area contributed by atoms with Gasteiger partial charge in [-0.2, -0.15) is 0 Å². The Kier molecular flexibility index (Phi) is 7.51. The number of hydrogen-bond acceptors (Lipinski definition) is 6. The fraction of sp³-hybridized carbons (Fsp3) is 0.167. The van der Waals surface area contributed by atoms with Crippen molar-refractivity contribution in [2.45, 2.75) is 0 Å². The molecule has 0 fully saturated rings. The quantitative estimate of drug-likeness (QED) is 0.254. The summed E-state index contributed by atoms with van der Waals surface area (Å²) in [5.74, 6) is -0.0922. The van der Waals surface area contributed by atoms with Crippen molar-refractivity contribution in [1.82, 2.24) is 0 Å². The average Bonchev–Trinajstić information content (AvgIpc) is 2.78. The fourth-order valence-corrected chi connectivity index (χ4v) is 3.20. The van der Waals surface area contributed by atoms with Crippen molar-refractivity contribution in [3.8, 4) is 11.5 Å². The maximum absolute atomic E-state index is 11.9. The molecule has 0 atom stereocenters. The van der Waals surface area contributed by atoms with Gasteiger partial charge in [0, 0.05) is 26.6 Å². The minimum atomic E-state index is -0.524. The van der Waals surface area contributed by atoms with Crippen molar-refractivity contribution in [1.29, 1.82) is 0 Å². The molecule has 0 aromatic heterocycles. The Labute approximate surface area is 184 Å². The smallest absolute Gasteiger partial charge is 0.344 e. The molecule has 0 spiro atoms. The summed E-state index contributed by atoms with van der Waals surface area (Å²) in [6.07, 6.45) is 2.96. The van der Waals surface area contributed by atoms with Crippen LogP contribution in [0, 0.1) is 0 Å². The third kappa shape index (κ3) is 5.35. The summed E-state index contributed by atoms with van der Waals surface area (Å²) in [4.78, 5) is 23.9. The maximum atomic E-state index is 11.9. The lowest BCUT2D eigenvalue weighted by molar-refractivity contribution is -0.145. The lowest BCUT2D eigenvalue weighted by atomic mass is 10.0. The molecule has 0 aliphatic carbocycles. The normalized spacial score (nSPS) is 10.5. The van der Waals surface area contributed by atoms with E-state index in [0.29, 0.717) is 38.1 Å². The average molecular weight is 441 g/mol. The second-order valence-corrected chi connectivity index (χ2v) is 6.85. The summed E-state index contributed by atoms with van der Waals surface area (Å²) in [6.45, 7) is 6.68. The van der Waals surface area contributed by atoms with E-state index in [2.05, 4.69) is 13.2 Å². The number of rotatable bonds is 10. The van der Waals surface area contributed by atoms with Crippen molar-refractivity contribution < 1.29 is 28.5 Å². The molecule has 0 saturated heterocycles. The second kappa shape index (κ2) is 10.5. The monoisotopic (exact) mass is 440 g/mol. The van der Waals surface area contributed by atoms with Gasteiger partial charge in [0.25, 0.3) is 0 Å². The van der Waals surface area contributed by atoms with Gasteiger partial charge in [-0.25, -0.2) is 9.59 Å². The van der Waals surface area contributed by atoms with Crippen molar-refractivity contribution in [3.05, 3.63) is 72.8 Å². The molecule has 0 N–H and O–H groups in total. The maximum Gasteiger partial charge on any atom is 0.344 e. The second-order valence-electron chi connectivity index (χ2n) is 6.41. The predicted octanol–water partition coefficient (Wildman–Crippen LogP) is 4.86. The van der Waals surface area contributed by atoms with E-state index in [4.69, 9.17) is 30.5 Å². The first-order chi connectivity index (χ1) is 15.0. The summed E-state index contributed by atoms with van der Waals surface area (Å²) in [7, 11) is 0. The SMILES string of the molecule is C=CCOC(=O)COc1c2ccccc2c(OCC(=O)OCC=C)c2cc(Cl)ccc12. The lowest BCUT2D eigenvalue weighted by Gasteiger charge is -2.17. The molecule has 6 nitrogen and oxygen atoms in total. The molecule has 0 aliphatic heterocycles. The van der Waals surface area contributed by atoms with Gasteiger partial charge >= 0.3 is 11.9 Å². The molecule has 0 saturated carbocycles. The molecule has 0 aliphatic rings. The highest BCUT2D eigenvalue weighted by molar-refractivity contribution is 6.31. The van der Waals surface area contributed by atoms with Crippen LogP contribution >= 0.6 is 11.6 Å². The molecule has 0 bridgehead atoms. The molecular weight excluding hydrogens is 420 g/mol. The van der Waals surface area contributed by atoms with Gasteiger partial charge in [0.05, 0.1) is 0 Å². The van der Waals surface area contributed by atoms with Gasteiger partial charge in [0.15, 0.2) is 13.2 Å². The first-order valence-electron chi connectivity index (χ1n) is 9.47. The van der Waals surface area contributed by atoms with E-state index in [0.717, 1.165) is 0 Å². The first-order valence-corrected chi connectivity index (χ1v) is 9.85. The molecular formula is C24H21ClO6. The molecule has 160 valence electrons. The van der Waals surface area contributed by atoms with E-state index in [-0.39, 0.29) is 26.4 Å². The summed E-state index contributed by atoms with van der Waals surface area (Å²) in [6, 6.07) is 12.6. The zero-order chi connectivity index (χ0) is 22.2. The number of hydrogen-bond donors (Lipinski definition) is 0. The lowest BCUT2D eigenvalue weighted by Crippen LogP contribution is -2.16. The van der Waals surface area contributed by atoms with E-state index in [1.165, 1.54) is 12.2 Å². The third-order valence-corrected chi connectivity index (χ3v) is 4.52. The van der Waals surface area contributed by atoms with E-state index in [1.807, 2.05) is 24.3 Å². The Morgan fingerprint density at radius 1 is 0.774 bits per heavy atom. The van der Waals surface area contributed by atoms with Crippen LogP contribution in [0.1, 0.15) is 0 Å². The Hall–Kier alpha value is -3.51. The minimum absolute atomic E-state index is 0.101. The van der Waals surface area contributed by atoms with Crippen LogP contribution in [0.2, 0.25) is 5.02 Å². The summed E-state index contributed by atoms with van der Waals surface area (Å²) in [5.41, 5.74) is 0. The van der Waals surface area contributed by atoms with Crippen LogP contribution in [0.15, 0.2) is 67.8 Å².